The normalized spacial score (nSPS) is 11.0. The molecule has 0 aliphatic heterocycles. The Morgan fingerprint density at radius 3 is 2.65 bits per heavy atom. The smallest absolute Gasteiger partial charge is 0.349 e. The molecule has 0 unspecified atom stereocenters. The minimum Gasteiger partial charge on any atom is -0.481 e. The van der Waals surface area contributed by atoms with Crippen LogP contribution in [0.1, 0.15) is 0 Å². The molecule has 0 aliphatic rings. The molecule has 0 amide bonds. The van der Waals surface area contributed by atoms with Crippen LogP contribution >= 0.6 is 27.5 Å². The number of rotatable bonds is 4. The average molecular weight is 432 g/mol. The number of carbonyl (C=O) groups is 1. The predicted octanol–water partition coefficient (Wildman–Crippen LogP) is 5.99. The quantitative estimate of drug-likeness (QED) is 0.294. The molecule has 26 heavy (non-hydrogen) atoms. The predicted molar refractivity (Wildman–Crippen MR) is 104 cm³/mol. The van der Waals surface area contributed by atoms with E-state index in [4.69, 9.17) is 25.5 Å². The largest absolute Gasteiger partial charge is 0.481 e. The molecule has 6 heteroatoms. The van der Waals surface area contributed by atoms with E-state index >= 15 is 0 Å². The summed E-state index contributed by atoms with van der Waals surface area (Å²) in [5.41, 5.74) is 1.54. The van der Waals surface area contributed by atoms with Crippen LogP contribution in [0.2, 0.25) is 5.02 Å². The summed E-state index contributed by atoms with van der Waals surface area (Å²) in [7, 11) is 0. The zero-order valence-corrected chi connectivity index (χ0v) is 15.7. The van der Waals surface area contributed by atoms with Crippen molar-refractivity contribution in [2.24, 2.45) is 0 Å². The summed E-state index contributed by atoms with van der Waals surface area (Å²) in [6, 6.07) is 18.1. The van der Waals surface area contributed by atoms with Gasteiger partial charge in [0.2, 0.25) is 0 Å². The number of furan rings is 1. The Kier molecular flexibility index (Phi) is 4.57. The molecule has 4 rings (SSSR count). The molecule has 0 aliphatic carbocycles. The molecule has 4 nitrogen and oxygen atoms in total. The maximum atomic E-state index is 12.1. The molecule has 4 aromatic rings. The van der Waals surface area contributed by atoms with E-state index in [0.29, 0.717) is 21.0 Å². The number of hydrogen-bond acceptors (Lipinski definition) is 4. The van der Waals surface area contributed by atoms with Crippen molar-refractivity contribution in [3.05, 3.63) is 70.2 Å². The number of halogens is 2. The zero-order valence-electron chi connectivity index (χ0n) is 13.4. The van der Waals surface area contributed by atoms with Crippen molar-refractivity contribution in [2.45, 2.75) is 0 Å². The second-order valence-corrected chi connectivity index (χ2v) is 6.88. The van der Waals surface area contributed by atoms with Crippen molar-refractivity contribution in [3.8, 4) is 11.5 Å². The van der Waals surface area contributed by atoms with Gasteiger partial charge in [-0.05, 0) is 58.4 Å². The van der Waals surface area contributed by atoms with Gasteiger partial charge in [-0.3, -0.25) is 0 Å². The van der Waals surface area contributed by atoms with Crippen molar-refractivity contribution >= 4 is 55.4 Å². The van der Waals surface area contributed by atoms with Crippen molar-refractivity contribution in [1.29, 1.82) is 0 Å². The van der Waals surface area contributed by atoms with Crippen molar-refractivity contribution in [3.63, 3.8) is 0 Å². The monoisotopic (exact) mass is 430 g/mol. The fourth-order valence-electron chi connectivity index (χ4n) is 2.66. The van der Waals surface area contributed by atoms with Gasteiger partial charge in [0.25, 0.3) is 0 Å². The van der Waals surface area contributed by atoms with E-state index in [9.17, 15) is 4.79 Å². The Hall–Kier alpha value is -2.50. The molecular formula is C20H12BrClO4. The first-order chi connectivity index (χ1) is 12.6. The highest BCUT2D eigenvalue weighted by atomic mass is 79.9. The lowest BCUT2D eigenvalue weighted by molar-refractivity contribution is -0.136. The zero-order chi connectivity index (χ0) is 18.1. The van der Waals surface area contributed by atoms with Gasteiger partial charge in [0.15, 0.2) is 6.61 Å². The number of para-hydroxylation sites is 1. The van der Waals surface area contributed by atoms with E-state index in [-0.39, 0.29) is 6.61 Å². The van der Waals surface area contributed by atoms with Gasteiger partial charge < -0.3 is 13.9 Å². The van der Waals surface area contributed by atoms with Crippen LogP contribution in [0.3, 0.4) is 0 Å². The minimum atomic E-state index is -0.501. The minimum absolute atomic E-state index is 0.218. The lowest BCUT2D eigenvalue weighted by Crippen LogP contribution is -2.17. The molecule has 0 saturated carbocycles. The molecule has 0 N–H and O–H groups in total. The Balaban J connectivity index is 1.49. The number of benzene rings is 3. The van der Waals surface area contributed by atoms with E-state index < -0.39 is 5.97 Å². The van der Waals surface area contributed by atoms with Crippen LogP contribution in [0.4, 0.5) is 0 Å². The molecule has 0 bridgehead atoms. The maximum absolute atomic E-state index is 12.1. The first-order valence-corrected chi connectivity index (χ1v) is 8.97. The third-order valence-corrected chi connectivity index (χ3v) is 4.67. The number of carbonyl (C=O) groups excluding carboxylic acids is 1. The third-order valence-electron chi connectivity index (χ3n) is 3.82. The summed E-state index contributed by atoms with van der Waals surface area (Å²) in [6.45, 7) is -0.218. The van der Waals surface area contributed by atoms with Gasteiger partial charge in [0.05, 0.1) is 4.47 Å². The van der Waals surface area contributed by atoms with Crippen LogP contribution in [-0.4, -0.2) is 12.6 Å². The molecule has 0 atom stereocenters. The first-order valence-electron chi connectivity index (χ1n) is 7.80. The molecule has 3 aromatic carbocycles. The highest BCUT2D eigenvalue weighted by Gasteiger charge is 2.11. The van der Waals surface area contributed by atoms with Crippen molar-refractivity contribution < 1.29 is 18.7 Å². The SMILES string of the molecule is O=C(COc1ccc(Cl)cc1Br)Oc1ccc2oc3ccccc3c2c1. The Morgan fingerprint density at radius 1 is 1.00 bits per heavy atom. The molecule has 0 radical (unpaired) electrons. The van der Waals surface area contributed by atoms with Gasteiger partial charge >= 0.3 is 5.97 Å². The Bertz CT molecular complexity index is 1120. The van der Waals surface area contributed by atoms with Gasteiger partial charge in [-0.2, -0.15) is 0 Å². The van der Waals surface area contributed by atoms with Crippen LogP contribution in [0.25, 0.3) is 21.9 Å². The molecular weight excluding hydrogens is 420 g/mol. The summed E-state index contributed by atoms with van der Waals surface area (Å²) >= 11 is 9.22. The number of esters is 1. The standard InChI is InChI=1S/C20H12BrClO4/c21-16-9-12(22)5-7-19(16)24-11-20(23)25-13-6-8-18-15(10-13)14-3-1-2-4-17(14)26-18/h1-10H,11H2. The van der Waals surface area contributed by atoms with Crippen LogP contribution in [0.15, 0.2) is 69.6 Å². The Morgan fingerprint density at radius 2 is 1.81 bits per heavy atom. The van der Waals surface area contributed by atoms with Gasteiger partial charge in [0.1, 0.15) is 22.7 Å². The van der Waals surface area contributed by atoms with Gasteiger partial charge in [-0.25, -0.2) is 4.79 Å². The summed E-state index contributed by atoms with van der Waals surface area (Å²) < 4.78 is 17.3. The fraction of sp³-hybridized carbons (Fsp3) is 0.0500. The average Bonchev–Trinajstić information content (AvgIpc) is 2.99. The first kappa shape index (κ1) is 16.9. The van der Waals surface area contributed by atoms with Gasteiger partial charge in [-0.15, -0.1) is 0 Å². The van der Waals surface area contributed by atoms with Crippen molar-refractivity contribution in [1.82, 2.24) is 0 Å². The summed E-state index contributed by atoms with van der Waals surface area (Å²) in [5.74, 6) is 0.453. The second kappa shape index (κ2) is 7.02. The lowest BCUT2D eigenvalue weighted by atomic mass is 10.1. The summed E-state index contributed by atoms with van der Waals surface area (Å²) in [6.07, 6.45) is 0. The second-order valence-electron chi connectivity index (χ2n) is 5.59. The molecule has 0 spiro atoms. The fourth-order valence-corrected chi connectivity index (χ4v) is 3.46. The number of fused-ring (bicyclic) bond motifs is 3. The number of ether oxygens (including phenoxy) is 2. The molecule has 0 fully saturated rings. The number of hydrogen-bond donors (Lipinski definition) is 0. The molecule has 0 saturated heterocycles. The van der Waals surface area contributed by atoms with Crippen LogP contribution < -0.4 is 9.47 Å². The van der Waals surface area contributed by atoms with E-state index in [0.717, 1.165) is 21.9 Å². The van der Waals surface area contributed by atoms with E-state index in [1.165, 1.54) is 0 Å². The molecule has 1 aromatic heterocycles. The van der Waals surface area contributed by atoms with Crippen molar-refractivity contribution in [2.75, 3.05) is 6.61 Å². The highest BCUT2D eigenvalue weighted by Crippen LogP contribution is 2.31. The molecule has 130 valence electrons. The Labute approximate surface area is 162 Å². The molecule has 1 heterocycles. The highest BCUT2D eigenvalue weighted by molar-refractivity contribution is 9.10. The van der Waals surface area contributed by atoms with Gasteiger partial charge in [-0.1, -0.05) is 29.8 Å². The van der Waals surface area contributed by atoms with E-state index in [2.05, 4.69) is 15.9 Å². The van der Waals surface area contributed by atoms with Crippen LogP contribution in [0.5, 0.6) is 11.5 Å². The van der Waals surface area contributed by atoms with E-state index in [1.54, 1.807) is 36.4 Å². The summed E-state index contributed by atoms with van der Waals surface area (Å²) in [5, 5.41) is 2.45. The van der Waals surface area contributed by atoms with Gasteiger partial charge in [0, 0.05) is 15.8 Å². The third kappa shape index (κ3) is 3.41. The lowest BCUT2D eigenvalue weighted by Gasteiger charge is -2.08. The van der Waals surface area contributed by atoms with Crippen LogP contribution in [0, 0.1) is 0 Å². The summed E-state index contributed by atoms with van der Waals surface area (Å²) in [4.78, 5) is 12.1. The topological polar surface area (TPSA) is 48.7 Å². The van der Waals surface area contributed by atoms with E-state index in [1.807, 2.05) is 24.3 Å². The van der Waals surface area contributed by atoms with Crippen LogP contribution in [-0.2, 0) is 4.79 Å². The maximum Gasteiger partial charge on any atom is 0.349 e.